The van der Waals surface area contributed by atoms with Crippen LogP contribution >= 0.6 is 58.0 Å². The number of aryl methyl sites for hydroxylation is 1. The van der Waals surface area contributed by atoms with Gasteiger partial charge >= 0.3 is 0 Å². The third-order valence-electron chi connectivity index (χ3n) is 5.43. The van der Waals surface area contributed by atoms with Gasteiger partial charge in [0.25, 0.3) is 5.91 Å². The summed E-state index contributed by atoms with van der Waals surface area (Å²) < 4.78 is 12.8. The van der Waals surface area contributed by atoms with Crippen LogP contribution in [0.25, 0.3) is 0 Å². The lowest BCUT2D eigenvalue weighted by atomic mass is 10.1. The highest BCUT2D eigenvalue weighted by molar-refractivity contribution is 6.53. The minimum Gasteiger partial charge on any atom is -0.326 e. The molecule has 0 bridgehead atoms. The number of alkyl halides is 2. The normalized spacial score (nSPS) is 18.3. The molecule has 2 N–H and O–H groups in total. The zero-order valence-corrected chi connectivity index (χ0v) is 21.2. The van der Waals surface area contributed by atoms with E-state index in [1.54, 1.807) is 31.2 Å². The van der Waals surface area contributed by atoms with E-state index in [2.05, 4.69) is 10.6 Å². The quantitative estimate of drug-likeness (QED) is 0.312. The van der Waals surface area contributed by atoms with Crippen molar-refractivity contribution in [2.45, 2.75) is 17.2 Å². The Hall–Kier alpha value is -2.02. The molecule has 10 heteroatoms. The number of hydrogen-bond acceptors (Lipinski definition) is 2. The Morgan fingerprint density at radius 1 is 0.912 bits per heavy atom. The average molecular weight is 561 g/mol. The van der Waals surface area contributed by atoms with Crippen LogP contribution in [0, 0.1) is 18.7 Å². The Morgan fingerprint density at radius 3 is 2.24 bits per heavy atom. The van der Waals surface area contributed by atoms with Gasteiger partial charge in [0.1, 0.15) is 10.2 Å². The Kier molecular flexibility index (Phi) is 7.05. The molecule has 3 aromatic carbocycles. The highest BCUT2D eigenvalue weighted by Gasteiger charge is 2.67. The Bertz CT molecular complexity index is 1290. The summed E-state index contributed by atoms with van der Waals surface area (Å²) in [5, 5.41) is 6.12. The lowest BCUT2D eigenvalue weighted by molar-refractivity contribution is -0.117. The number of halogens is 6. The van der Waals surface area contributed by atoms with E-state index in [0.717, 1.165) is 0 Å². The predicted molar refractivity (Wildman–Crippen MR) is 136 cm³/mol. The molecule has 1 aliphatic rings. The fourth-order valence-corrected chi connectivity index (χ4v) is 5.31. The second kappa shape index (κ2) is 9.56. The maximum Gasteiger partial charge on any atom is 0.257 e. The number of carbonyl (C=O) groups is 2. The smallest absolute Gasteiger partial charge is 0.257 e. The van der Waals surface area contributed by atoms with Crippen LogP contribution in [-0.4, -0.2) is 16.1 Å². The summed E-state index contributed by atoms with van der Waals surface area (Å²) in [6.07, 6.45) is 0. The zero-order valence-electron chi connectivity index (χ0n) is 17.4. The lowest BCUT2D eigenvalue weighted by Crippen LogP contribution is -2.18. The van der Waals surface area contributed by atoms with Gasteiger partial charge in [-0.05, 0) is 66.6 Å². The summed E-state index contributed by atoms with van der Waals surface area (Å²) in [6.45, 7) is 1.74. The van der Waals surface area contributed by atoms with Crippen molar-refractivity contribution in [2.24, 2.45) is 5.92 Å². The van der Waals surface area contributed by atoms with Crippen molar-refractivity contribution in [3.63, 3.8) is 0 Å². The first-order chi connectivity index (χ1) is 16.0. The minimum atomic E-state index is -1.35. The van der Waals surface area contributed by atoms with E-state index in [1.807, 2.05) is 0 Å². The molecule has 0 aliphatic heterocycles. The van der Waals surface area contributed by atoms with Gasteiger partial charge in [0.2, 0.25) is 5.91 Å². The molecule has 176 valence electrons. The molecule has 0 heterocycles. The summed E-state index contributed by atoms with van der Waals surface area (Å²) in [4.78, 5) is 25.7. The predicted octanol–water partition coefficient (Wildman–Crippen LogP) is 7.87. The minimum absolute atomic E-state index is 0.0103. The van der Waals surface area contributed by atoms with Crippen LogP contribution in [0.15, 0.2) is 54.6 Å². The van der Waals surface area contributed by atoms with Gasteiger partial charge in [-0.25, -0.2) is 4.39 Å². The van der Waals surface area contributed by atoms with Gasteiger partial charge < -0.3 is 10.6 Å². The molecule has 0 unspecified atom stereocenters. The molecule has 2 amide bonds. The van der Waals surface area contributed by atoms with Crippen LogP contribution in [0.3, 0.4) is 0 Å². The second-order valence-corrected chi connectivity index (χ2v) is 10.7. The molecule has 4 nitrogen and oxygen atoms in total. The number of nitrogens with one attached hydrogen (secondary N) is 2. The molecule has 2 atom stereocenters. The fraction of sp³-hybridized carbons (Fsp3) is 0.167. The molecule has 0 aromatic heterocycles. The molecule has 0 spiro atoms. The standard InChI is InChI=1S/C24H16Cl5FN2O2/c1-11-2-5-19(18(30)6-11)32-22(33)16-10-15(3-4-17(16)27)31-23(34)21-20(24(21,28)29)12-7-13(25)9-14(26)8-12/h2-10,20-21H,1H3,(H,31,34)(H,32,33)/t20-,21+/m1/s1. The summed E-state index contributed by atoms with van der Waals surface area (Å²) in [6, 6.07) is 13.7. The van der Waals surface area contributed by atoms with E-state index in [-0.39, 0.29) is 16.3 Å². The van der Waals surface area contributed by atoms with Crippen LogP contribution in [0.5, 0.6) is 0 Å². The number of benzene rings is 3. The topological polar surface area (TPSA) is 58.2 Å². The van der Waals surface area contributed by atoms with Gasteiger partial charge in [-0.15, -0.1) is 23.2 Å². The number of anilines is 2. The van der Waals surface area contributed by atoms with Crippen molar-refractivity contribution >= 4 is 81.2 Å². The molecule has 1 fully saturated rings. The lowest BCUT2D eigenvalue weighted by Gasteiger charge is -2.11. The maximum absolute atomic E-state index is 14.1. The van der Waals surface area contributed by atoms with Gasteiger partial charge in [0, 0.05) is 21.7 Å². The first-order valence-corrected chi connectivity index (χ1v) is 11.9. The molecule has 0 saturated heterocycles. The average Bonchev–Trinajstić information content (AvgIpc) is 3.33. The van der Waals surface area contributed by atoms with E-state index in [9.17, 15) is 14.0 Å². The van der Waals surface area contributed by atoms with Crippen LogP contribution in [-0.2, 0) is 4.79 Å². The molecule has 1 saturated carbocycles. The summed E-state index contributed by atoms with van der Waals surface area (Å²) in [5.74, 6) is -2.96. The number of carbonyl (C=O) groups excluding carboxylic acids is 2. The largest absolute Gasteiger partial charge is 0.326 e. The molecule has 0 radical (unpaired) electrons. The molecular formula is C24H16Cl5FN2O2. The summed E-state index contributed by atoms with van der Waals surface area (Å²) >= 11 is 31.1. The number of amides is 2. The van der Waals surface area contributed by atoms with E-state index >= 15 is 0 Å². The first kappa shape index (κ1) is 25.1. The van der Waals surface area contributed by atoms with E-state index < -0.39 is 33.8 Å². The molecular weight excluding hydrogens is 545 g/mol. The highest BCUT2D eigenvalue weighted by Crippen LogP contribution is 2.65. The Balaban J connectivity index is 1.52. The van der Waals surface area contributed by atoms with Crippen molar-refractivity contribution in [1.29, 1.82) is 0 Å². The molecule has 34 heavy (non-hydrogen) atoms. The summed E-state index contributed by atoms with van der Waals surface area (Å²) in [7, 11) is 0. The van der Waals surface area contributed by atoms with Gasteiger partial charge in [-0.2, -0.15) is 0 Å². The zero-order chi connectivity index (χ0) is 24.8. The van der Waals surface area contributed by atoms with Crippen molar-refractivity contribution in [3.8, 4) is 0 Å². The van der Waals surface area contributed by atoms with Crippen LogP contribution in [0.2, 0.25) is 15.1 Å². The Morgan fingerprint density at radius 2 is 1.59 bits per heavy atom. The van der Waals surface area contributed by atoms with E-state index in [1.165, 1.54) is 30.3 Å². The summed E-state index contributed by atoms with van der Waals surface area (Å²) in [5.41, 5.74) is 1.71. The van der Waals surface area contributed by atoms with Gasteiger partial charge in [-0.1, -0.05) is 40.9 Å². The maximum atomic E-state index is 14.1. The van der Waals surface area contributed by atoms with E-state index in [0.29, 0.717) is 26.9 Å². The Labute approximate surface area is 220 Å². The van der Waals surface area contributed by atoms with Crippen LogP contribution in [0.4, 0.5) is 15.8 Å². The number of rotatable bonds is 5. The molecule has 1 aliphatic carbocycles. The van der Waals surface area contributed by atoms with Crippen molar-refractivity contribution in [1.82, 2.24) is 0 Å². The monoisotopic (exact) mass is 558 g/mol. The second-order valence-electron chi connectivity index (χ2n) is 7.95. The first-order valence-electron chi connectivity index (χ1n) is 9.99. The van der Waals surface area contributed by atoms with Gasteiger partial charge in [0.15, 0.2) is 0 Å². The number of hydrogen-bond donors (Lipinski definition) is 2. The fourth-order valence-electron chi connectivity index (χ4n) is 3.73. The molecule has 3 aromatic rings. The third-order valence-corrected chi connectivity index (χ3v) is 7.14. The van der Waals surface area contributed by atoms with Crippen molar-refractivity contribution in [2.75, 3.05) is 10.6 Å². The van der Waals surface area contributed by atoms with Crippen LogP contribution < -0.4 is 10.6 Å². The van der Waals surface area contributed by atoms with Gasteiger partial charge in [0.05, 0.1) is 22.2 Å². The SMILES string of the molecule is Cc1ccc(NC(=O)c2cc(NC(=O)[C@@H]3[C@@H](c4cc(Cl)cc(Cl)c4)C3(Cl)Cl)ccc2Cl)c(F)c1. The molecule has 4 rings (SSSR count). The van der Waals surface area contributed by atoms with E-state index in [4.69, 9.17) is 58.0 Å². The van der Waals surface area contributed by atoms with Crippen molar-refractivity contribution < 1.29 is 14.0 Å². The highest BCUT2D eigenvalue weighted by atomic mass is 35.5. The third kappa shape index (κ3) is 5.14. The van der Waals surface area contributed by atoms with Gasteiger partial charge in [-0.3, -0.25) is 9.59 Å². The van der Waals surface area contributed by atoms with Crippen LogP contribution in [0.1, 0.15) is 27.4 Å². The van der Waals surface area contributed by atoms with Crippen molar-refractivity contribution in [3.05, 3.63) is 92.2 Å².